The first-order valence-electron chi connectivity index (χ1n) is 9.49. The Bertz CT molecular complexity index is 957. The number of rotatable bonds is 7. The van der Waals surface area contributed by atoms with Gasteiger partial charge in [0, 0.05) is 15.6 Å². The van der Waals surface area contributed by atoms with Gasteiger partial charge in [-0.1, -0.05) is 59.6 Å². The lowest BCUT2D eigenvalue weighted by molar-refractivity contribution is 0.0933. The lowest BCUT2D eigenvalue weighted by Gasteiger charge is -2.21. The number of carbonyl (C=O) groups excluding carboxylic acids is 1. The van der Waals surface area contributed by atoms with Crippen LogP contribution in [0.15, 0.2) is 72.8 Å². The summed E-state index contributed by atoms with van der Waals surface area (Å²) in [5.41, 5.74) is 3.66. The SMILES string of the molecule is CN(C)CCC(NC(=O)c1cccc(-c2ccc(Cl)cc2)c1)c1ccc(Cl)cc1.Cl. The first-order chi connectivity index (χ1) is 13.9. The van der Waals surface area contributed by atoms with Crippen LogP contribution in [0.1, 0.15) is 28.4 Å². The highest BCUT2D eigenvalue weighted by atomic mass is 35.5. The van der Waals surface area contributed by atoms with Gasteiger partial charge in [-0.25, -0.2) is 0 Å². The van der Waals surface area contributed by atoms with Gasteiger partial charge in [0.25, 0.3) is 5.91 Å². The summed E-state index contributed by atoms with van der Waals surface area (Å²) in [5, 5.41) is 4.55. The van der Waals surface area contributed by atoms with Crippen LogP contribution in [-0.4, -0.2) is 31.4 Å². The molecule has 0 aromatic heterocycles. The predicted molar refractivity (Wildman–Crippen MR) is 129 cm³/mol. The summed E-state index contributed by atoms with van der Waals surface area (Å²) in [6, 6.07) is 22.8. The fraction of sp³-hybridized carbons (Fsp3) is 0.208. The molecule has 0 fully saturated rings. The molecule has 1 atom stereocenters. The fourth-order valence-corrected chi connectivity index (χ4v) is 3.38. The molecule has 3 aromatic carbocycles. The molecule has 0 radical (unpaired) electrons. The summed E-state index contributed by atoms with van der Waals surface area (Å²) in [6.45, 7) is 0.860. The van der Waals surface area contributed by atoms with Crippen molar-refractivity contribution in [3.63, 3.8) is 0 Å². The Morgan fingerprint density at radius 2 is 1.50 bits per heavy atom. The van der Waals surface area contributed by atoms with Crippen molar-refractivity contribution in [2.45, 2.75) is 12.5 Å². The molecule has 0 aliphatic carbocycles. The summed E-state index contributed by atoms with van der Waals surface area (Å²) >= 11 is 12.0. The first-order valence-corrected chi connectivity index (χ1v) is 10.2. The van der Waals surface area contributed by atoms with E-state index < -0.39 is 0 Å². The van der Waals surface area contributed by atoms with Crippen molar-refractivity contribution in [1.29, 1.82) is 0 Å². The molecule has 158 valence electrons. The molecule has 1 N–H and O–H groups in total. The molecule has 0 saturated heterocycles. The van der Waals surface area contributed by atoms with Crippen molar-refractivity contribution in [1.82, 2.24) is 10.2 Å². The van der Waals surface area contributed by atoms with Gasteiger partial charge in [0.05, 0.1) is 6.04 Å². The minimum atomic E-state index is -0.0977. The molecule has 0 saturated carbocycles. The summed E-state index contributed by atoms with van der Waals surface area (Å²) in [4.78, 5) is 15.1. The van der Waals surface area contributed by atoms with Gasteiger partial charge in [-0.05, 0) is 80.1 Å². The third-order valence-electron chi connectivity index (χ3n) is 4.75. The van der Waals surface area contributed by atoms with Crippen LogP contribution < -0.4 is 5.32 Å². The molecular weight excluding hydrogens is 439 g/mol. The van der Waals surface area contributed by atoms with E-state index in [1.165, 1.54) is 0 Å². The number of nitrogens with zero attached hydrogens (tertiary/aromatic N) is 1. The lowest BCUT2D eigenvalue weighted by atomic mass is 10.0. The minimum absolute atomic E-state index is 0. The Kier molecular flexibility index (Phi) is 9.19. The summed E-state index contributed by atoms with van der Waals surface area (Å²) < 4.78 is 0. The van der Waals surface area contributed by atoms with Crippen LogP contribution in [-0.2, 0) is 0 Å². The Balaban J connectivity index is 0.00000320. The van der Waals surface area contributed by atoms with Gasteiger partial charge in [0.1, 0.15) is 0 Å². The molecule has 3 nitrogen and oxygen atoms in total. The molecule has 0 spiro atoms. The molecule has 1 unspecified atom stereocenters. The van der Waals surface area contributed by atoms with Crippen LogP contribution in [0, 0.1) is 0 Å². The largest absolute Gasteiger partial charge is 0.345 e. The number of carbonyl (C=O) groups is 1. The molecule has 0 aliphatic rings. The Morgan fingerprint density at radius 1 is 0.900 bits per heavy atom. The molecule has 30 heavy (non-hydrogen) atoms. The van der Waals surface area contributed by atoms with E-state index in [9.17, 15) is 4.79 Å². The van der Waals surface area contributed by atoms with Crippen LogP contribution in [0.2, 0.25) is 10.0 Å². The van der Waals surface area contributed by atoms with Gasteiger partial charge in [0.15, 0.2) is 0 Å². The summed E-state index contributed by atoms with van der Waals surface area (Å²) in [5.74, 6) is -0.0977. The van der Waals surface area contributed by atoms with E-state index in [-0.39, 0.29) is 24.4 Å². The highest BCUT2D eigenvalue weighted by molar-refractivity contribution is 6.30. The molecule has 3 aromatic rings. The molecule has 6 heteroatoms. The van der Waals surface area contributed by atoms with E-state index in [0.717, 1.165) is 29.7 Å². The van der Waals surface area contributed by atoms with Crippen molar-refractivity contribution in [2.75, 3.05) is 20.6 Å². The Hall–Kier alpha value is -2.04. The first kappa shape index (κ1) is 24.2. The quantitative estimate of drug-likeness (QED) is 0.433. The van der Waals surface area contributed by atoms with Crippen LogP contribution in [0.3, 0.4) is 0 Å². The van der Waals surface area contributed by atoms with Gasteiger partial charge in [-0.3, -0.25) is 4.79 Å². The number of hydrogen-bond donors (Lipinski definition) is 1. The van der Waals surface area contributed by atoms with E-state index in [1.54, 1.807) is 0 Å². The van der Waals surface area contributed by atoms with Crippen molar-refractivity contribution < 1.29 is 4.79 Å². The average Bonchev–Trinajstić information content (AvgIpc) is 2.72. The molecule has 0 heterocycles. The fourth-order valence-electron chi connectivity index (χ4n) is 3.13. The standard InChI is InChI=1S/C24H24Cl2N2O.ClH/c1-28(2)15-14-23(18-8-12-22(26)13-9-18)27-24(29)20-5-3-4-19(16-20)17-6-10-21(25)11-7-17;/h3-13,16,23H,14-15H2,1-2H3,(H,27,29);1H. The van der Waals surface area contributed by atoms with Crippen LogP contribution in [0.5, 0.6) is 0 Å². The second-order valence-corrected chi connectivity index (χ2v) is 8.13. The van der Waals surface area contributed by atoms with E-state index in [2.05, 4.69) is 10.2 Å². The van der Waals surface area contributed by atoms with Gasteiger partial charge in [-0.15, -0.1) is 12.4 Å². The van der Waals surface area contributed by atoms with Crippen LogP contribution in [0.4, 0.5) is 0 Å². The Labute approximate surface area is 194 Å². The second-order valence-electron chi connectivity index (χ2n) is 7.26. The molecule has 1 amide bonds. The number of halogens is 3. The maximum atomic E-state index is 13.0. The van der Waals surface area contributed by atoms with Gasteiger partial charge in [0.2, 0.25) is 0 Å². The molecular formula is C24H25Cl3N2O. The third kappa shape index (κ3) is 6.75. The monoisotopic (exact) mass is 462 g/mol. The van der Waals surface area contributed by atoms with E-state index in [1.807, 2.05) is 86.9 Å². The Morgan fingerprint density at radius 3 is 2.10 bits per heavy atom. The van der Waals surface area contributed by atoms with E-state index >= 15 is 0 Å². The topological polar surface area (TPSA) is 32.3 Å². The van der Waals surface area contributed by atoms with E-state index in [0.29, 0.717) is 15.6 Å². The van der Waals surface area contributed by atoms with Crippen molar-refractivity contribution in [3.8, 4) is 11.1 Å². The molecule has 3 rings (SSSR count). The highest BCUT2D eigenvalue weighted by Gasteiger charge is 2.16. The number of amides is 1. The predicted octanol–water partition coefficient (Wildman–Crippen LogP) is 6.51. The zero-order chi connectivity index (χ0) is 20.8. The molecule has 0 aliphatic heterocycles. The number of nitrogens with one attached hydrogen (secondary N) is 1. The zero-order valence-electron chi connectivity index (χ0n) is 16.9. The number of hydrogen-bond acceptors (Lipinski definition) is 2. The average molecular weight is 464 g/mol. The van der Waals surface area contributed by atoms with Gasteiger partial charge in [-0.2, -0.15) is 0 Å². The maximum Gasteiger partial charge on any atom is 0.251 e. The maximum absolute atomic E-state index is 13.0. The summed E-state index contributed by atoms with van der Waals surface area (Å²) in [6.07, 6.45) is 0.803. The van der Waals surface area contributed by atoms with Crippen LogP contribution in [0.25, 0.3) is 11.1 Å². The van der Waals surface area contributed by atoms with Crippen molar-refractivity contribution in [3.05, 3.63) is 94.0 Å². The van der Waals surface area contributed by atoms with Crippen LogP contribution >= 0.6 is 35.6 Å². The highest BCUT2D eigenvalue weighted by Crippen LogP contribution is 2.24. The van der Waals surface area contributed by atoms with Gasteiger partial charge < -0.3 is 10.2 Å². The minimum Gasteiger partial charge on any atom is -0.345 e. The summed E-state index contributed by atoms with van der Waals surface area (Å²) in [7, 11) is 4.05. The molecule has 0 bridgehead atoms. The normalized spacial score (nSPS) is 11.6. The van der Waals surface area contributed by atoms with Crippen molar-refractivity contribution in [2.24, 2.45) is 0 Å². The van der Waals surface area contributed by atoms with Gasteiger partial charge >= 0.3 is 0 Å². The smallest absolute Gasteiger partial charge is 0.251 e. The lowest BCUT2D eigenvalue weighted by Crippen LogP contribution is -2.31. The second kappa shape index (κ2) is 11.4. The van der Waals surface area contributed by atoms with E-state index in [4.69, 9.17) is 23.2 Å². The van der Waals surface area contributed by atoms with Crippen molar-refractivity contribution >= 4 is 41.5 Å². The third-order valence-corrected chi connectivity index (χ3v) is 5.25. The zero-order valence-corrected chi connectivity index (χ0v) is 19.3. The number of benzene rings is 3.